The molecular formula is C17H17F3N2O2. The molecule has 1 saturated carbocycles. The summed E-state index contributed by atoms with van der Waals surface area (Å²) < 4.78 is 45.7. The van der Waals surface area contributed by atoms with E-state index in [1.54, 1.807) is 0 Å². The van der Waals surface area contributed by atoms with Crippen molar-refractivity contribution in [2.24, 2.45) is 13.0 Å². The van der Waals surface area contributed by atoms with Crippen LogP contribution in [0.1, 0.15) is 35.1 Å². The molecule has 7 heteroatoms. The second-order valence-corrected chi connectivity index (χ2v) is 6.17. The van der Waals surface area contributed by atoms with Crippen molar-refractivity contribution in [1.29, 1.82) is 0 Å². The van der Waals surface area contributed by atoms with Gasteiger partial charge in [0.25, 0.3) is 0 Å². The van der Waals surface area contributed by atoms with E-state index in [0.29, 0.717) is 6.42 Å². The number of aromatic nitrogens is 2. The Morgan fingerprint density at radius 2 is 2.17 bits per heavy atom. The Balaban J connectivity index is 1.71. The number of hydrogen-bond acceptors (Lipinski definition) is 3. The van der Waals surface area contributed by atoms with E-state index in [4.69, 9.17) is 4.74 Å². The summed E-state index contributed by atoms with van der Waals surface area (Å²) in [6, 6.07) is 7.63. The molecule has 0 N–H and O–H groups in total. The van der Waals surface area contributed by atoms with Crippen LogP contribution in [-0.2, 0) is 16.6 Å². The van der Waals surface area contributed by atoms with E-state index >= 15 is 0 Å². The zero-order chi connectivity index (χ0) is 17.5. The molecule has 0 bridgehead atoms. The lowest BCUT2D eigenvalue weighted by molar-refractivity contribution is -0.225. The SMILES string of the molecule is Cc1cccc(C2CC2C(=O)OC(c2cnn(C)c2)C(F)(F)F)c1. The van der Waals surface area contributed by atoms with E-state index in [-0.39, 0.29) is 11.5 Å². The summed E-state index contributed by atoms with van der Waals surface area (Å²) in [6.45, 7) is 1.93. The van der Waals surface area contributed by atoms with Crippen LogP contribution in [0.2, 0.25) is 0 Å². The first-order valence-electron chi connectivity index (χ1n) is 7.58. The quantitative estimate of drug-likeness (QED) is 0.799. The van der Waals surface area contributed by atoms with Crippen molar-refractivity contribution in [1.82, 2.24) is 9.78 Å². The van der Waals surface area contributed by atoms with Crippen LogP contribution in [0.3, 0.4) is 0 Å². The number of benzene rings is 1. The van der Waals surface area contributed by atoms with E-state index < -0.39 is 24.2 Å². The van der Waals surface area contributed by atoms with Crippen LogP contribution in [0.4, 0.5) is 13.2 Å². The van der Waals surface area contributed by atoms with Crippen LogP contribution in [0.15, 0.2) is 36.7 Å². The summed E-state index contributed by atoms with van der Waals surface area (Å²) in [5.41, 5.74) is 1.84. The van der Waals surface area contributed by atoms with Crippen molar-refractivity contribution >= 4 is 5.97 Å². The Morgan fingerprint density at radius 1 is 1.42 bits per heavy atom. The molecule has 4 nitrogen and oxygen atoms in total. The smallest absolute Gasteiger partial charge is 0.429 e. The lowest BCUT2D eigenvalue weighted by atomic mass is 10.1. The van der Waals surface area contributed by atoms with Crippen LogP contribution in [0, 0.1) is 12.8 Å². The van der Waals surface area contributed by atoms with Crippen molar-refractivity contribution in [2.45, 2.75) is 31.5 Å². The number of alkyl halides is 3. The van der Waals surface area contributed by atoms with Gasteiger partial charge in [-0.2, -0.15) is 18.3 Å². The average Bonchev–Trinajstić information content (AvgIpc) is 3.19. The van der Waals surface area contributed by atoms with Gasteiger partial charge < -0.3 is 4.74 Å². The summed E-state index contributed by atoms with van der Waals surface area (Å²) in [4.78, 5) is 12.2. The summed E-state index contributed by atoms with van der Waals surface area (Å²) >= 11 is 0. The van der Waals surface area contributed by atoms with Crippen LogP contribution < -0.4 is 0 Å². The van der Waals surface area contributed by atoms with Gasteiger partial charge in [-0.3, -0.25) is 9.48 Å². The third-order valence-corrected chi connectivity index (χ3v) is 4.12. The van der Waals surface area contributed by atoms with Gasteiger partial charge in [-0.25, -0.2) is 0 Å². The summed E-state index contributed by atoms with van der Waals surface area (Å²) in [5, 5.41) is 3.72. The molecule has 1 fully saturated rings. The predicted octanol–water partition coefficient (Wildman–Crippen LogP) is 3.68. The number of aryl methyl sites for hydroxylation is 2. The molecular weight excluding hydrogens is 321 g/mol. The number of ether oxygens (including phenoxy) is 1. The first kappa shape index (κ1) is 16.5. The first-order chi connectivity index (χ1) is 11.3. The van der Waals surface area contributed by atoms with Gasteiger partial charge >= 0.3 is 12.1 Å². The normalized spacial score (nSPS) is 21.4. The maximum atomic E-state index is 13.2. The monoisotopic (exact) mass is 338 g/mol. The molecule has 3 unspecified atom stereocenters. The van der Waals surface area contributed by atoms with E-state index in [2.05, 4.69) is 5.10 Å². The minimum Gasteiger partial charge on any atom is -0.447 e. The molecule has 1 aliphatic carbocycles. The molecule has 0 radical (unpaired) electrons. The van der Waals surface area contributed by atoms with Gasteiger partial charge in [-0.15, -0.1) is 0 Å². The van der Waals surface area contributed by atoms with Crippen molar-refractivity contribution < 1.29 is 22.7 Å². The largest absolute Gasteiger partial charge is 0.447 e. The molecule has 0 aliphatic heterocycles. The van der Waals surface area contributed by atoms with Crippen molar-refractivity contribution in [3.8, 4) is 0 Å². The average molecular weight is 338 g/mol. The number of hydrogen-bond donors (Lipinski definition) is 0. The molecule has 128 valence electrons. The highest BCUT2D eigenvalue weighted by Crippen LogP contribution is 2.49. The Labute approximate surface area is 137 Å². The second-order valence-electron chi connectivity index (χ2n) is 6.17. The predicted molar refractivity (Wildman–Crippen MR) is 80.1 cm³/mol. The Kier molecular flexibility index (Phi) is 4.11. The zero-order valence-corrected chi connectivity index (χ0v) is 13.2. The van der Waals surface area contributed by atoms with Crippen molar-refractivity contribution in [2.75, 3.05) is 0 Å². The standard InChI is InChI=1S/C17H17F3N2O2/c1-10-4-3-5-11(6-10)13-7-14(13)16(23)24-15(17(18,19)20)12-8-21-22(2)9-12/h3-6,8-9,13-15H,7H2,1-2H3. The van der Waals surface area contributed by atoms with Gasteiger partial charge in [0, 0.05) is 18.8 Å². The fraction of sp³-hybridized carbons (Fsp3) is 0.412. The van der Waals surface area contributed by atoms with E-state index in [1.165, 1.54) is 17.9 Å². The third kappa shape index (κ3) is 3.44. The summed E-state index contributed by atoms with van der Waals surface area (Å²) in [6.07, 6.45) is -4.17. The summed E-state index contributed by atoms with van der Waals surface area (Å²) in [5.74, 6) is -1.40. The fourth-order valence-electron chi connectivity index (χ4n) is 2.83. The number of carbonyl (C=O) groups is 1. The van der Waals surface area contributed by atoms with Crippen molar-refractivity contribution in [3.05, 3.63) is 53.3 Å². The third-order valence-electron chi connectivity index (χ3n) is 4.12. The molecule has 2 aromatic rings. The lowest BCUT2D eigenvalue weighted by Crippen LogP contribution is -2.26. The number of rotatable bonds is 4. The molecule has 3 rings (SSSR count). The molecule has 0 saturated heterocycles. The van der Waals surface area contributed by atoms with E-state index in [1.807, 2.05) is 31.2 Å². The maximum Gasteiger partial charge on any atom is 0.429 e. The molecule has 0 spiro atoms. The Morgan fingerprint density at radius 3 is 2.75 bits per heavy atom. The highest BCUT2D eigenvalue weighted by atomic mass is 19.4. The van der Waals surface area contributed by atoms with Crippen molar-refractivity contribution in [3.63, 3.8) is 0 Å². The molecule has 3 atom stereocenters. The fourth-order valence-corrected chi connectivity index (χ4v) is 2.83. The minimum absolute atomic E-state index is 0.0693. The highest BCUT2D eigenvalue weighted by Gasteiger charge is 2.50. The van der Waals surface area contributed by atoms with Gasteiger partial charge in [0.1, 0.15) is 0 Å². The van der Waals surface area contributed by atoms with E-state index in [9.17, 15) is 18.0 Å². The van der Waals surface area contributed by atoms with Gasteiger partial charge in [-0.05, 0) is 24.8 Å². The summed E-state index contributed by atoms with van der Waals surface area (Å²) in [7, 11) is 1.51. The van der Waals surface area contributed by atoms with Crippen LogP contribution in [0.5, 0.6) is 0 Å². The molecule has 1 aromatic heterocycles. The molecule has 1 heterocycles. The Hall–Kier alpha value is -2.31. The first-order valence-corrected chi connectivity index (χ1v) is 7.58. The van der Waals surface area contributed by atoms with Crippen LogP contribution >= 0.6 is 0 Å². The van der Waals surface area contributed by atoms with Gasteiger partial charge in [-0.1, -0.05) is 29.8 Å². The van der Waals surface area contributed by atoms with Crippen LogP contribution in [0.25, 0.3) is 0 Å². The second kappa shape index (κ2) is 5.96. The molecule has 1 aliphatic rings. The topological polar surface area (TPSA) is 44.1 Å². The number of halogens is 3. The molecule has 0 amide bonds. The molecule has 24 heavy (non-hydrogen) atoms. The van der Waals surface area contributed by atoms with Gasteiger partial charge in [0.2, 0.25) is 6.10 Å². The van der Waals surface area contributed by atoms with Gasteiger partial charge in [0.15, 0.2) is 0 Å². The number of nitrogens with zero attached hydrogens (tertiary/aromatic N) is 2. The number of carbonyl (C=O) groups excluding carboxylic acids is 1. The number of esters is 1. The maximum absolute atomic E-state index is 13.2. The lowest BCUT2D eigenvalue weighted by Gasteiger charge is -2.19. The van der Waals surface area contributed by atoms with Crippen LogP contribution in [-0.4, -0.2) is 21.9 Å². The van der Waals surface area contributed by atoms with E-state index in [0.717, 1.165) is 17.3 Å². The zero-order valence-electron chi connectivity index (χ0n) is 13.2. The minimum atomic E-state index is -4.67. The molecule has 1 aromatic carbocycles. The Bertz CT molecular complexity index is 754. The van der Waals surface area contributed by atoms with Gasteiger partial charge in [0.05, 0.1) is 12.1 Å². The highest BCUT2D eigenvalue weighted by molar-refractivity contribution is 5.77.